The summed E-state index contributed by atoms with van der Waals surface area (Å²) < 4.78 is 0. The molecule has 0 heterocycles. The number of benzene rings is 3. The highest BCUT2D eigenvalue weighted by molar-refractivity contribution is 8.00. The fourth-order valence-electron chi connectivity index (χ4n) is 2.56. The number of para-hydroxylation sites is 1. The second-order valence-electron chi connectivity index (χ2n) is 6.37. The summed E-state index contributed by atoms with van der Waals surface area (Å²) in [5.41, 5.74) is 2.46. The van der Waals surface area contributed by atoms with Gasteiger partial charge in [0.15, 0.2) is 0 Å². The number of nitrogens with one attached hydrogen (secondary N) is 2. The lowest BCUT2D eigenvalue weighted by atomic mass is 10.2. The molecule has 3 aromatic carbocycles. The van der Waals surface area contributed by atoms with Gasteiger partial charge in [-0.25, -0.2) is 0 Å². The van der Waals surface area contributed by atoms with Crippen LogP contribution in [0.15, 0.2) is 95.9 Å². The lowest BCUT2D eigenvalue weighted by molar-refractivity contribution is -0.115. The van der Waals surface area contributed by atoms with Crippen molar-refractivity contribution in [1.82, 2.24) is 0 Å². The van der Waals surface area contributed by atoms with E-state index < -0.39 is 0 Å². The highest BCUT2D eigenvalue weighted by atomic mass is 32.2. The molecule has 0 aromatic heterocycles. The van der Waals surface area contributed by atoms with Gasteiger partial charge in [0.2, 0.25) is 11.8 Å². The third-order valence-electron chi connectivity index (χ3n) is 4.07. The quantitative estimate of drug-likeness (QED) is 0.408. The summed E-state index contributed by atoms with van der Waals surface area (Å²) in [5, 5.41) is 5.49. The highest BCUT2D eigenvalue weighted by Crippen LogP contribution is 2.25. The van der Waals surface area contributed by atoms with E-state index in [1.165, 1.54) is 17.8 Å². The number of hydrogen-bond acceptors (Lipinski definition) is 3. The second-order valence-corrected chi connectivity index (χ2v) is 7.79. The van der Waals surface area contributed by atoms with Crippen molar-refractivity contribution in [3.63, 3.8) is 0 Å². The van der Waals surface area contributed by atoms with Gasteiger partial charge < -0.3 is 10.6 Å². The maximum absolute atomic E-state index is 12.3. The second kappa shape index (κ2) is 10.3. The Morgan fingerprint density at radius 2 is 1.38 bits per heavy atom. The molecule has 0 aliphatic heterocycles. The van der Waals surface area contributed by atoms with Crippen LogP contribution in [-0.4, -0.2) is 17.1 Å². The minimum atomic E-state index is -0.246. The standard InChI is InChI=1S/C24H22N2O2S/c1-18(24(28)26-20-10-6-3-7-11-20)29-22-15-13-21(14-16-22)25-23(27)17-12-19-8-4-2-5-9-19/h2-18H,1H3,(H,25,27)(H,26,28)/b17-12+. The molecule has 4 nitrogen and oxygen atoms in total. The van der Waals surface area contributed by atoms with E-state index in [0.717, 1.165) is 16.1 Å². The fourth-order valence-corrected chi connectivity index (χ4v) is 3.43. The Morgan fingerprint density at radius 1 is 0.793 bits per heavy atom. The van der Waals surface area contributed by atoms with E-state index >= 15 is 0 Å². The van der Waals surface area contributed by atoms with Crippen LogP contribution in [0.2, 0.25) is 0 Å². The van der Waals surface area contributed by atoms with E-state index in [1.54, 1.807) is 6.08 Å². The van der Waals surface area contributed by atoms with Crippen molar-refractivity contribution in [3.8, 4) is 0 Å². The van der Waals surface area contributed by atoms with E-state index in [0.29, 0.717) is 5.69 Å². The molecule has 2 N–H and O–H groups in total. The molecule has 2 amide bonds. The zero-order chi connectivity index (χ0) is 20.5. The first-order valence-corrected chi connectivity index (χ1v) is 10.1. The normalized spacial score (nSPS) is 11.8. The number of rotatable bonds is 7. The van der Waals surface area contributed by atoms with Crippen molar-refractivity contribution in [2.24, 2.45) is 0 Å². The van der Waals surface area contributed by atoms with Gasteiger partial charge in [-0.2, -0.15) is 0 Å². The Labute approximate surface area is 175 Å². The van der Waals surface area contributed by atoms with Crippen LogP contribution in [0.1, 0.15) is 12.5 Å². The van der Waals surface area contributed by atoms with Crippen LogP contribution in [0.5, 0.6) is 0 Å². The number of amides is 2. The molecular weight excluding hydrogens is 380 g/mol. The largest absolute Gasteiger partial charge is 0.325 e. The molecule has 0 fully saturated rings. The lowest BCUT2D eigenvalue weighted by Gasteiger charge is -2.12. The average molecular weight is 403 g/mol. The smallest absolute Gasteiger partial charge is 0.248 e. The summed E-state index contributed by atoms with van der Waals surface area (Å²) in [4.78, 5) is 25.3. The predicted molar refractivity (Wildman–Crippen MR) is 121 cm³/mol. The lowest BCUT2D eigenvalue weighted by Crippen LogP contribution is -2.22. The molecule has 1 atom stereocenters. The number of carbonyl (C=O) groups excluding carboxylic acids is 2. The van der Waals surface area contributed by atoms with Gasteiger partial charge in [-0.15, -0.1) is 11.8 Å². The van der Waals surface area contributed by atoms with E-state index in [9.17, 15) is 9.59 Å². The fraction of sp³-hybridized carbons (Fsp3) is 0.0833. The molecule has 0 saturated carbocycles. The molecule has 1 unspecified atom stereocenters. The molecule has 0 aliphatic carbocycles. The van der Waals surface area contributed by atoms with E-state index in [4.69, 9.17) is 0 Å². The molecule has 0 bridgehead atoms. The zero-order valence-electron chi connectivity index (χ0n) is 16.0. The van der Waals surface area contributed by atoms with Crippen LogP contribution in [0.4, 0.5) is 11.4 Å². The Kier molecular flexibility index (Phi) is 7.25. The molecule has 3 aromatic rings. The van der Waals surface area contributed by atoms with Crippen LogP contribution in [-0.2, 0) is 9.59 Å². The molecule has 3 rings (SSSR count). The number of hydrogen-bond donors (Lipinski definition) is 2. The van der Waals surface area contributed by atoms with E-state index in [2.05, 4.69) is 10.6 Å². The topological polar surface area (TPSA) is 58.2 Å². The maximum Gasteiger partial charge on any atom is 0.248 e. The monoisotopic (exact) mass is 402 g/mol. The van der Waals surface area contributed by atoms with Crippen molar-refractivity contribution in [2.75, 3.05) is 10.6 Å². The summed E-state index contributed by atoms with van der Waals surface area (Å²) in [7, 11) is 0. The molecule has 5 heteroatoms. The van der Waals surface area contributed by atoms with Crippen molar-refractivity contribution in [3.05, 3.63) is 96.6 Å². The summed E-state index contributed by atoms with van der Waals surface area (Å²) in [6.07, 6.45) is 3.28. The maximum atomic E-state index is 12.3. The zero-order valence-corrected chi connectivity index (χ0v) is 16.9. The first kappa shape index (κ1) is 20.4. The third kappa shape index (κ3) is 6.66. The molecule has 0 spiro atoms. The molecule has 29 heavy (non-hydrogen) atoms. The molecule has 146 valence electrons. The van der Waals surface area contributed by atoms with Gasteiger partial charge >= 0.3 is 0 Å². The van der Waals surface area contributed by atoms with Crippen LogP contribution in [0, 0.1) is 0 Å². The van der Waals surface area contributed by atoms with Crippen LogP contribution >= 0.6 is 11.8 Å². The van der Waals surface area contributed by atoms with Gasteiger partial charge in [0.1, 0.15) is 0 Å². The molecule has 0 radical (unpaired) electrons. The SMILES string of the molecule is CC(Sc1ccc(NC(=O)/C=C/c2ccccc2)cc1)C(=O)Nc1ccccc1. The van der Waals surface area contributed by atoms with Crippen molar-refractivity contribution < 1.29 is 9.59 Å². The minimum Gasteiger partial charge on any atom is -0.325 e. The van der Waals surface area contributed by atoms with E-state index in [-0.39, 0.29) is 17.1 Å². The molecule has 0 aliphatic rings. The summed E-state index contributed by atoms with van der Waals surface area (Å²) in [6, 6.07) is 26.5. The summed E-state index contributed by atoms with van der Waals surface area (Å²) in [6.45, 7) is 1.87. The van der Waals surface area contributed by atoms with Gasteiger partial charge in [-0.05, 0) is 55.0 Å². The van der Waals surface area contributed by atoms with Gasteiger partial charge in [-0.1, -0.05) is 48.5 Å². The van der Waals surface area contributed by atoms with Gasteiger partial charge in [-0.3, -0.25) is 9.59 Å². The first-order chi connectivity index (χ1) is 14.1. The number of carbonyl (C=O) groups is 2. The molecular formula is C24H22N2O2S. The Bertz CT molecular complexity index is 971. The van der Waals surface area contributed by atoms with Crippen molar-refractivity contribution in [1.29, 1.82) is 0 Å². The first-order valence-electron chi connectivity index (χ1n) is 9.27. The number of anilines is 2. The average Bonchev–Trinajstić information content (AvgIpc) is 2.75. The van der Waals surface area contributed by atoms with Crippen molar-refractivity contribution in [2.45, 2.75) is 17.1 Å². The van der Waals surface area contributed by atoms with Crippen LogP contribution in [0.3, 0.4) is 0 Å². The minimum absolute atomic E-state index is 0.0513. The summed E-state index contributed by atoms with van der Waals surface area (Å²) in [5.74, 6) is -0.241. The van der Waals surface area contributed by atoms with Crippen molar-refractivity contribution >= 4 is 41.0 Å². The Morgan fingerprint density at radius 3 is 2.03 bits per heavy atom. The van der Waals surface area contributed by atoms with Gasteiger partial charge in [0.25, 0.3) is 0 Å². The third-order valence-corrected chi connectivity index (χ3v) is 5.18. The molecule has 0 saturated heterocycles. The number of thioether (sulfide) groups is 1. The summed E-state index contributed by atoms with van der Waals surface area (Å²) >= 11 is 1.47. The van der Waals surface area contributed by atoms with E-state index in [1.807, 2.05) is 91.9 Å². The van der Waals surface area contributed by atoms with Gasteiger partial charge in [0.05, 0.1) is 5.25 Å². The highest BCUT2D eigenvalue weighted by Gasteiger charge is 2.14. The predicted octanol–water partition coefficient (Wildman–Crippen LogP) is 5.46. The van der Waals surface area contributed by atoms with Crippen LogP contribution in [0.25, 0.3) is 6.08 Å². The van der Waals surface area contributed by atoms with Crippen LogP contribution < -0.4 is 10.6 Å². The Balaban J connectivity index is 1.51. The Hall–Kier alpha value is -3.31. The van der Waals surface area contributed by atoms with Gasteiger partial charge in [0, 0.05) is 22.3 Å².